The van der Waals surface area contributed by atoms with Crippen LogP contribution in [0, 0.1) is 12.7 Å². The van der Waals surface area contributed by atoms with Crippen LogP contribution in [0.4, 0.5) is 4.39 Å². The molecular weight excluding hydrogens is 435 g/mol. The van der Waals surface area contributed by atoms with Gasteiger partial charge in [-0.3, -0.25) is 14.6 Å². The number of pyridine rings is 1. The van der Waals surface area contributed by atoms with Gasteiger partial charge in [0.05, 0.1) is 4.90 Å². The quantitative estimate of drug-likeness (QED) is 0.611. The number of rotatable bonds is 7. The molecule has 1 aromatic heterocycles. The van der Waals surface area contributed by atoms with E-state index in [9.17, 15) is 22.4 Å². The number of aryl methyl sites for hydroxylation is 1. The summed E-state index contributed by atoms with van der Waals surface area (Å²) in [6.45, 7) is 2.24. The Kier molecular flexibility index (Phi) is 7.92. The van der Waals surface area contributed by atoms with E-state index in [-0.39, 0.29) is 29.6 Å². The van der Waals surface area contributed by atoms with Crippen LogP contribution in [0.1, 0.15) is 36.8 Å². The molecule has 2 amide bonds. The Labute approximate surface area is 187 Å². The summed E-state index contributed by atoms with van der Waals surface area (Å²) in [6, 6.07) is 6.98. The zero-order valence-electron chi connectivity index (χ0n) is 17.9. The van der Waals surface area contributed by atoms with E-state index in [0.717, 1.165) is 24.5 Å². The van der Waals surface area contributed by atoms with Gasteiger partial charge in [0, 0.05) is 38.1 Å². The zero-order chi connectivity index (χ0) is 23.1. The molecule has 2 aromatic rings. The number of nitrogens with zero attached hydrogens (tertiary/aromatic N) is 2. The van der Waals surface area contributed by atoms with E-state index < -0.39 is 27.7 Å². The Balaban J connectivity index is 1.55. The lowest BCUT2D eigenvalue weighted by Gasteiger charge is -2.34. The molecule has 1 saturated heterocycles. The van der Waals surface area contributed by atoms with E-state index in [4.69, 9.17) is 0 Å². The number of amides is 2. The Bertz CT molecular complexity index is 1060. The summed E-state index contributed by atoms with van der Waals surface area (Å²) in [7, 11) is -3.79. The molecule has 10 heteroatoms. The van der Waals surface area contributed by atoms with Gasteiger partial charge >= 0.3 is 11.8 Å². The van der Waals surface area contributed by atoms with Crippen molar-refractivity contribution >= 4 is 21.8 Å². The zero-order valence-corrected chi connectivity index (χ0v) is 18.7. The molecule has 1 atom stereocenters. The molecule has 1 aromatic carbocycles. The first-order valence-electron chi connectivity index (χ1n) is 10.5. The number of carbonyl (C=O) groups is 2. The molecule has 0 aliphatic carbocycles. The molecule has 2 heterocycles. The average Bonchev–Trinajstić information content (AvgIpc) is 2.80. The van der Waals surface area contributed by atoms with Gasteiger partial charge in [-0.25, -0.2) is 12.8 Å². The van der Waals surface area contributed by atoms with Gasteiger partial charge in [-0.2, -0.15) is 4.31 Å². The van der Waals surface area contributed by atoms with Crippen molar-refractivity contribution in [2.75, 3.05) is 13.1 Å². The van der Waals surface area contributed by atoms with Crippen LogP contribution in [0.5, 0.6) is 0 Å². The number of halogens is 1. The second-order valence-electron chi connectivity index (χ2n) is 7.76. The fraction of sp³-hybridized carbons (Fsp3) is 0.409. The molecule has 8 nitrogen and oxygen atoms in total. The first kappa shape index (κ1) is 23.8. The van der Waals surface area contributed by atoms with Crippen LogP contribution in [0.15, 0.2) is 47.6 Å². The summed E-state index contributed by atoms with van der Waals surface area (Å²) in [4.78, 5) is 28.1. The van der Waals surface area contributed by atoms with Gasteiger partial charge in [0.25, 0.3) is 0 Å². The van der Waals surface area contributed by atoms with Crippen LogP contribution < -0.4 is 10.6 Å². The Hall–Kier alpha value is -2.85. The number of sulfonamides is 1. The van der Waals surface area contributed by atoms with Crippen molar-refractivity contribution in [3.8, 4) is 0 Å². The minimum Gasteiger partial charge on any atom is -0.348 e. The van der Waals surface area contributed by atoms with Crippen LogP contribution in [0.25, 0.3) is 0 Å². The highest BCUT2D eigenvalue weighted by atomic mass is 32.2. The van der Waals surface area contributed by atoms with Crippen LogP contribution >= 0.6 is 0 Å². The maximum atomic E-state index is 13.6. The molecule has 0 unspecified atom stereocenters. The maximum absolute atomic E-state index is 13.6. The van der Waals surface area contributed by atoms with Crippen molar-refractivity contribution in [3.05, 3.63) is 59.7 Å². The Morgan fingerprint density at radius 1 is 1.19 bits per heavy atom. The van der Waals surface area contributed by atoms with E-state index in [2.05, 4.69) is 15.6 Å². The first-order chi connectivity index (χ1) is 15.3. The number of piperidine rings is 1. The number of hydrogen-bond donors (Lipinski definition) is 2. The van der Waals surface area contributed by atoms with Crippen LogP contribution in [0.2, 0.25) is 0 Å². The predicted molar refractivity (Wildman–Crippen MR) is 116 cm³/mol. The van der Waals surface area contributed by atoms with Gasteiger partial charge in [-0.1, -0.05) is 12.5 Å². The number of benzene rings is 1. The second kappa shape index (κ2) is 10.6. The Morgan fingerprint density at radius 2 is 1.97 bits per heavy atom. The highest BCUT2D eigenvalue weighted by Gasteiger charge is 2.33. The smallest absolute Gasteiger partial charge is 0.309 e. The minimum atomic E-state index is -3.79. The third-order valence-corrected chi connectivity index (χ3v) is 7.40. The first-order valence-corrected chi connectivity index (χ1v) is 12.0. The molecule has 0 spiro atoms. The SMILES string of the molecule is Cc1cc(S(=O)(=O)N2CCCC[C@H]2CCNC(=O)C(=O)NCc2cccnc2)ccc1F. The van der Waals surface area contributed by atoms with Crippen molar-refractivity contribution in [1.82, 2.24) is 19.9 Å². The summed E-state index contributed by atoms with van der Waals surface area (Å²) in [5.41, 5.74) is 1.04. The van der Waals surface area contributed by atoms with Crippen molar-refractivity contribution in [3.63, 3.8) is 0 Å². The Morgan fingerprint density at radius 3 is 2.69 bits per heavy atom. The fourth-order valence-electron chi connectivity index (χ4n) is 3.69. The molecule has 1 aliphatic heterocycles. The molecule has 1 fully saturated rings. The molecule has 0 saturated carbocycles. The molecule has 3 rings (SSSR count). The largest absolute Gasteiger partial charge is 0.348 e. The number of nitrogens with one attached hydrogen (secondary N) is 2. The molecule has 2 N–H and O–H groups in total. The van der Waals surface area contributed by atoms with E-state index in [1.807, 2.05) is 0 Å². The van der Waals surface area contributed by atoms with E-state index >= 15 is 0 Å². The molecular formula is C22H27FN4O4S. The van der Waals surface area contributed by atoms with Crippen molar-refractivity contribution in [1.29, 1.82) is 0 Å². The van der Waals surface area contributed by atoms with Gasteiger partial charge in [0.2, 0.25) is 10.0 Å². The fourth-order valence-corrected chi connectivity index (χ4v) is 5.50. The van der Waals surface area contributed by atoms with E-state index in [1.54, 1.807) is 24.5 Å². The van der Waals surface area contributed by atoms with Crippen LogP contribution in [-0.4, -0.2) is 48.7 Å². The summed E-state index contributed by atoms with van der Waals surface area (Å²) in [6.07, 6.45) is 5.85. The summed E-state index contributed by atoms with van der Waals surface area (Å²) in [5.74, 6) is -1.99. The summed E-state index contributed by atoms with van der Waals surface area (Å²) in [5, 5.41) is 5.08. The van der Waals surface area contributed by atoms with Crippen molar-refractivity contribution < 1.29 is 22.4 Å². The molecule has 0 radical (unpaired) electrons. The standard InChI is InChI=1S/C22H27FN4O4S/c1-16-13-19(7-8-20(16)23)32(30,31)27-12-3-2-6-18(27)9-11-25-21(28)22(29)26-15-17-5-4-10-24-14-17/h4-5,7-8,10,13-14,18H,2-3,6,9,11-12,15H2,1H3,(H,25,28)(H,26,29)/t18-/m0/s1. The lowest BCUT2D eigenvalue weighted by atomic mass is 10.0. The highest BCUT2D eigenvalue weighted by Crippen LogP contribution is 2.27. The summed E-state index contributed by atoms with van der Waals surface area (Å²) >= 11 is 0. The number of carbonyl (C=O) groups excluding carboxylic acids is 2. The molecule has 172 valence electrons. The van der Waals surface area contributed by atoms with Crippen LogP contribution in [-0.2, 0) is 26.2 Å². The lowest BCUT2D eigenvalue weighted by molar-refractivity contribution is -0.139. The molecule has 0 bridgehead atoms. The minimum absolute atomic E-state index is 0.0575. The predicted octanol–water partition coefficient (Wildman–Crippen LogP) is 1.90. The second-order valence-corrected chi connectivity index (χ2v) is 9.66. The van der Waals surface area contributed by atoms with Gasteiger partial charge in [0.15, 0.2) is 0 Å². The number of hydrogen-bond acceptors (Lipinski definition) is 5. The third-order valence-electron chi connectivity index (χ3n) is 5.45. The normalized spacial score (nSPS) is 17.0. The third kappa shape index (κ3) is 5.89. The van der Waals surface area contributed by atoms with Gasteiger partial charge in [0.1, 0.15) is 5.82 Å². The van der Waals surface area contributed by atoms with Gasteiger partial charge < -0.3 is 10.6 Å². The topological polar surface area (TPSA) is 108 Å². The van der Waals surface area contributed by atoms with Crippen molar-refractivity contribution in [2.45, 2.75) is 50.1 Å². The summed E-state index contributed by atoms with van der Waals surface area (Å²) < 4.78 is 41.3. The monoisotopic (exact) mass is 462 g/mol. The van der Waals surface area contributed by atoms with Gasteiger partial charge in [-0.15, -0.1) is 0 Å². The van der Waals surface area contributed by atoms with Crippen molar-refractivity contribution in [2.24, 2.45) is 0 Å². The van der Waals surface area contributed by atoms with E-state index in [1.165, 1.54) is 23.4 Å². The highest BCUT2D eigenvalue weighted by molar-refractivity contribution is 7.89. The number of aromatic nitrogens is 1. The van der Waals surface area contributed by atoms with E-state index in [0.29, 0.717) is 19.4 Å². The molecule has 1 aliphatic rings. The molecule has 32 heavy (non-hydrogen) atoms. The lowest BCUT2D eigenvalue weighted by Crippen LogP contribution is -2.46. The average molecular weight is 463 g/mol. The maximum Gasteiger partial charge on any atom is 0.309 e. The van der Waals surface area contributed by atoms with Crippen LogP contribution in [0.3, 0.4) is 0 Å². The van der Waals surface area contributed by atoms with Gasteiger partial charge in [-0.05, 0) is 61.6 Å².